The topological polar surface area (TPSA) is 32.3 Å². The number of benzene rings is 1. The van der Waals surface area contributed by atoms with Crippen LogP contribution >= 0.6 is 0 Å². The monoisotopic (exact) mass is 278 g/mol. The zero-order valence-corrected chi connectivity index (χ0v) is 12.4. The summed E-state index contributed by atoms with van der Waals surface area (Å²) >= 11 is 0. The van der Waals surface area contributed by atoms with Gasteiger partial charge in [0.2, 0.25) is 0 Å². The molecule has 1 unspecified atom stereocenters. The van der Waals surface area contributed by atoms with Crippen LogP contribution in [0, 0.1) is 12.7 Å². The van der Waals surface area contributed by atoms with E-state index >= 15 is 0 Å². The third-order valence-electron chi connectivity index (χ3n) is 3.82. The van der Waals surface area contributed by atoms with Crippen LogP contribution in [0.2, 0.25) is 0 Å². The van der Waals surface area contributed by atoms with Gasteiger partial charge in [-0.2, -0.15) is 0 Å². The van der Waals surface area contributed by atoms with E-state index in [0.717, 1.165) is 24.9 Å². The van der Waals surface area contributed by atoms with Gasteiger partial charge in [-0.05, 0) is 57.9 Å². The van der Waals surface area contributed by atoms with E-state index in [1.807, 2.05) is 20.8 Å². The first-order chi connectivity index (χ1) is 9.49. The second-order valence-corrected chi connectivity index (χ2v) is 5.83. The average Bonchev–Trinajstić information content (AvgIpc) is 2.87. The normalized spacial score (nSPS) is 18.6. The number of hydrogen-bond acceptors (Lipinski definition) is 2. The van der Waals surface area contributed by atoms with E-state index in [4.69, 9.17) is 0 Å². The fourth-order valence-corrected chi connectivity index (χ4v) is 2.63. The third kappa shape index (κ3) is 3.37. The molecule has 1 fully saturated rings. The molecule has 1 saturated heterocycles. The summed E-state index contributed by atoms with van der Waals surface area (Å²) in [6.07, 6.45) is 2.22. The van der Waals surface area contributed by atoms with Crippen molar-refractivity contribution >= 4 is 5.91 Å². The molecule has 4 heteroatoms. The zero-order chi connectivity index (χ0) is 14.7. The molecule has 2 rings (SSSR count). The number of amides is 1. The SMILES string of the molecule is Cc1ccc(C(=O)N(CC2CCCN2)C(C)C)c(F)c1. The molecule has 110 valence electrons. The van der Waals surface area contributed by atoms with Crippen molar-refractivity contribution in [2.24, 2.45) is 0 Å². The van der Waals surface area contributed by atoms with Gasteiger partial charge >= 0.3 is 0 Å². The molecule has 1 aromatic rings. The first-order valence-electron chi connectivity index (χ1n) is 7.29. The fourth-order valence-electron chi connectivity index (χ4n) is 2.63. The van der Waals surface area contributed by atoms with Gasteiger partial charge in [-0.25, -0.2) is 4.39 Å². The molecule has 1 aromatic carbocycles. The van der Waals surface area contributed by atoms with Crippen molar-refractivity contribution in [2.45, 2.75) is 45.7 Å². The molecule has 1 atom stereocenters. The predicted molar refractivity (Wildman–Crippen MR) is 78.3 cm³/mol. The minimum Gasteiger partial charge on any atom is -0.335 e. The van der Waals surface area contributed by atoms with E-state index in [9.17, 15) is 9.18 Å². The Balaban J connectivity index is 2.17. The van der Waals surface area contributed by atoms with Crippen LogP contribution in [-0.4, -0.2) is 36.0 Å². The Labute approximate surface area is 120 Å². The maximum atomic E-state index is 14.0. The van der Waals surface area contributed by atoms with Gasteiger partial charge < -0.3 is 10.2 Å². The van der Waals surface area contributed by atoms with Crippen molar-refractivity contribution in [3.8, 4) is 0 Å². The first-order valence-corrected chi connectivity index (χ1v) is 7.29. The lowest BCUT2D eigenvalue weighted by atomic mass is 10.1. The van der Waals surface area contributed by atoms with Crippen LogP contribution in [0.4, 0.5) is 4.39 Å². The predicted octanol–water partition coefficient (Wildman–Crippen LogP) is 2.74. The fraction of sp³-hybridized carbons (Fsp3) is 0.562. The third-order valence-corrected chi connectivity index (χ3v) is 3.82. The Bertz CT molecular complexity index is 481. The molecule has 0 aliphatic carbocycles. The molecule has 1 N–H and O–H groups in total. The molecule has 0 spiro atoms. The van der Waals surface area contributed by atoms with Crippen LogP contribution in [-0.2, 0) is 0 Å². The quantitative estimate of drug-likeness (QED) is 0.918. The lowest BCUT2D eigenvalue weighted by Crippen LogP contribution is -2.45. The van der Waals surface area contributed by atoms with Crippen LogP contribution < -0.4 is 5.32 Å². The second kappa shape index (κ2) is 6.35. The van der Waals surface area contributed by atoms with Gasteiger partial charge in [0.15, 0.2) is 0 Å². The van der Waals surface area contributed by atoms with E-state index in [1.165, 1.54) is 6.07 Å². The Morgan fingerprint density at radius 1 is 1.50 bits per heavy atom. The molecule has 1 heterocycles. The summed E-state index contributed by atoms with van der Waals surface area (Å²) in [4.78, 5) is 14.3. The highest BCUT2D eigenvalue weighted by Gasteiger charge is 2.25. The number of halogens is 1. The number of aryl methyl sites for hydroxylation is 1. The summed E-state index contributed by atoms with van der Waals surface area (Å²) in [5.41, 5.74) is 0.995. The first kappa shape index (κ1) is 15.0. The van der Waals surface area contributed by atoms with Crippen molar-refractivity contribution in [1.82, 2.24) is 10.2 Å². The second-order valence-electron chi connectivity index (χ2n) is 5.83. The molecular formula is C16H23FN2O. The summed E-state index contributed by atoms with van der Waals surface area (Å²) < 4.78 is 14.0. The van der Waals surface area contributed by atoms with Crippen molar-refractivity contribution in [2.75, 3.05) is 13.1 Å². The molecule has 1 aliphatic heterocycles. The number of rotatable bonds is 4. The van der Waals surface area contributed by atoms with Crippen LogP contribution in [0.1, 0.15) is 42.6 Å². The van der Waals surface area contributed by atoms with Crippen LogP contribution in [0.3, 0.4) is 0 Å². The van der Waals surface area contributed by atoms with Gasteiger partial charge in [-0.3, -0.25) is 4.79 Å². The lowest BCUT2D eigenvalue weighted by Gasteiger charge is -2.29. The molecule has 0 saturated carbocycles. The molecular weight excluding hydrogens is 255 g/mol. The van der Waals surface area contributed by atoms with Gasteiger partial charge in [0.05, 0.1) is 5.56 Å². The standard InChI is InChI=1S/C16H23FN2O/c1-11(2)19(10-13-5-4-8-18-13)16(20)14-7-6-12(3)9-15(14)17/h6-7,9,11,13,18H,4-5,8,10H2,1-3H3. The summed E-state index contributed by atoms with van der Waals surface area (Å²) in [5.74, 6) is -0.647. The van der Waals surface area contributed by atoms with Crippen LogP contribution in [0.15, 0.2) is 18.2 Å². The Kier molecular flexibility index (Phi) is 4.76. The van der Waals surface area contributed by atoms with Crippen molar-refractivity contribution in [1.29, 1.82) is 0 Å². The summed E-state index contributed by atoms with van der Waals surface area (Å²) in [5, 5.41) is 3.38. The zero-order valence-electron chi connectivity index (χ0n) is 12.4. The minimum atomic E-state index is -0.431. The van der Waals surface area contributed by atoms with E-state index in [2.05, 4.69) is 5.32 Å². The van der Waals surface area contributed by atoms with E-state index < -0.39 is 5.82 Å². The average molecular weight is 278 g/mol. The number of hydrogen-bond donors (Lipinski definition) is 1. The summed E-state index contributed by atoms with van der Waals surface area (Å²) in [6.45, 7) is 7.41. The highest BCUT2D eigenvalue weighted by molar-refractivity contribution is 5.94. The van der Waals surface area contributed by atoms with Crippen molar-refractivity contribution in [3.05, 3.63) is 35.1 Å². The Morgan fingerprint density at radius 3 is 2.80 bits per heavy atom. The number of carbonyl (C=O) groups is 1. The maximum absolute atomic E-state index is 14.0. The minimum absolute atomic E-state index is 0.0607. The smallest absolute Gasteiger partial charge is 0.257 e. The summed E-state index contributed by atoms with van der Waals surface area (Å²) in [6, 6.07) is 5.17. The molecule has 0 aromatic heterocycles. The maximum Gasteiger partial charge on any atom is 0.257 e. The lowest BCUT2D eigenvalue weighted by molar-refractivity contribution is 0.0684. The molecule has 20 heavy (non-hydrogen) atoms. The van der Waals surface area contributed by atoms with Gasteiger partial charge in [0.1, 0.15) is 5.82 Å². The number of nitrogens with one attached hydrogen (secondary N) is 1. The molecule has 1 amide bonds. The number of nitrogens with zero attached hydrogens (tertiary/aromatic N) is 1. The highest BCUT2D eigenvalue weighted by atomic mass is 19.1. The summed E-state index contributed by atoms with van der Waals surface area (Å²) in [7, 11) is 0. The van der Waals surface area contributed by atoms with Gasteiger partial charge in [0.25, 0.3) is 5.91 Å². The van der Waals surface area contributed by atoms with E-state index in [-0.39, 0.29) is 17.5 Å². The van der Waals surface area contributed by atoms with Crippen LogP contribution in [0.25, 0.3) is 0 Å². The Morgan fingerprint density at radius 2 is 2.25 bits per heavy atom. The molecule has 0 radical (unpaired) electrons. The highest BCUT2D eigenvalue weighted by Crippen LogP contribution is 2.16. The largest absolute Gasteiger partial charge is 0.335 e. The van der Waals surface area contributed by atoms with Gasteiger partial charge in [0, 0.05) is 18.6 Å². The number of carbonyl (C=O) groups excluding carboxylic acids is 1. The van der Waals surface area contributed by atoms with E-state index in [0.29, 0.717) is 12.6 Å². The van der Waals surface area contributed by atoms with Crippen molar-refractivity contribution < 1.29 is 9.18 Å². The molecule has 1 aliphatic rings. The molecule has 0 bridgehead atoms. The van der Waals surface area contributed by atoms with Crippen molar-refractivity contribution in [3.63, 3.8) is 0 Å². The van der Waals surface area contributed by atoms with Gasteiger partial charge in [-0.15, -0.1) is 0 Å². The Hall–Kier alpha value is -1.42. The van der Waals surface area contributed by atoms with Gasteiger partial charge in [-0.1, -0.05) is 6.07 Å². The van der Waals surface area contributed by atoms with Crippen LogP contribution in [0.5, 0.6) is 0 Å². The van der Waals surface area contributed by atoms with E-state index in [1.54, 1.807) is 17.0 Å². The molecule has 3 nitrogen and oxygen atoms in total.